The minimum atomic E-state index is -0.573. The van der Waals surface area contributed by atoms with Gasteiger partial charge < -0.3 is 5.11 Å². The second-order valence-electron chi connectivity index (χ2n) is 8.99. The molecule has 5 atom stereocenters. The Balaban J connectivity index is 1.92. The molecule has 0 saturated heterocycles. The fourth-order valence-electron chi connectivity index (χ4n) is 6.05. The van der Waals surface area contributed by atoms with Crippen molar-refractivity contribution >= 4 is 5.97 Å². The first-order chi connectivity index (χ1) is 10.3. The molecule has 22 heavy (non-hydrogen) atoms. The van der Waals surface area contributed by atoms with E-state index in [-0.39, 0.29) is 5.41 Å². The fourth-order valence-corrected chi connectivity index (χ4v) is 6.05. The van der Waals surface area contributed by atoms with Crippen molar-refractivity contribution in [2.75, 3.05) is 0 Å². The van der Waals surface area contributed by atoms with E-state index in [4.69, 9.17) is 0 Å². The van der Waals surface area contributed by atoms with Gasteiger partial charge in [0.1, 0.15) is 0 Å². The third-order valence-corrected chi connectivity index (χ3v) is 7.59. The third kappa shape index (κ3) is 2.25. The molecule has 3 aliphatic rings. The highest BCUT2D eigenvalue weighted by molar-refractivity contribution is 5.75. The van der Waals surface area contributed by atoms with Crippen LogP contribution in [-0.4, -0.2) is 11.1 Å². The van der Waals surface area contributed by atoms with Crippen LogP contribution in [0.4, 0.5) is 0 Å². The maximum atomic E-state index is 12.0. The van der Waals surface area contributed by atoms with Crippen LogP contribution in [0, 0.1) is 34.5 Å². The summed E-state index contributed by atoms with van der Waals surface area (Å²) in [7, 11) is 0. The molecule has 3 rings (SSSR count). The van der Waals surface area contributed by atoms with E-state index in [9.17, 15) is 9.90 Å². The average molecular weight is 304 g/mol. The van der Waals surface area contributed by atoms with Gasteiger partial charge in [-0.15, -0.1) is 0 Å². The standard InChI is InChI=1S/C20H32O2/c1-13(2)14-6-8-16-15(12-14)7-9-17-19(16,3)10-5-11-20(17,4)18(21)22/h7,13-14,16-17H,5-6,8-12H2,1-4H3,(H,21,22)/t14?,16-,17?,19+,20+/m0/s1. The summed E-state index contributed by atoms with van der Waals surface area (Å²) in [5.74, 6) is 1.98. The van der Waals surface area contributed by atoms with E-state index >= 15 is 0 Å². The number of hydrogen-bond acceptors (Lipinski definition) is 1. The highest BCUT2D eigenvalue weighted by Crippen LogP contribution is 2.62. The summed E-state index contributed by atoms with van der Waals surface area (Å²) < 4.78 is 0. The predicted molar refractivity (Wildman–Crippen MR) is 89.6 cm³/mol. The van der Waals surface area contributed by atoms with Crippen LogP contribution in [0.5, 0.6) is 0 Å². The van der Waals surface area contributed by atoms with Crippen molar-refractivity contribution in [1.82, 2.24) is 0 Å². The van der Waals surface area contributed by atoms with Crippen LogP contribution in [-0.2, 0) is 4.79 Å². The lowest BCUT2D eigenvalue weighted by molar-refractivity contribution is -0.163. The Morgan fingerprint density at radius 2 is 2.00 bits per heavy atom. The molecular weight excluding hydrogens is 272 g/mol. The molecule has 0 amide bonds. The molecule has 0 spiro atoms. The molecule has 0 heterocycles. The van der Waals surface area contributed by atoms with Crippen LogP contribution in [0.1, 0.15) is 72.6 Å². The van der Waals surface area contributed by atoms with Gasteiger partial charge in [-0.1, -0.05) is 38.8 Å². The first-order valence-electron chi connectivity index (χ1n) is 9.21. The average Bonchev–Trinajstić information content (AvgIpc) is 2.46. The molecule has 0 aromatic carbocycles. The Kier molecular flexibility index (Phi) is 3.94. The number of allylic oxidation sites excluding steroid dienone is 2. The number of rotatable bonds is 2. The molecule has 2 unspecified atom stereocenters. The smallest absolute Gasteiger partial charge is 0.309 e. The molecule has 2 fully saturated rings. The summed E-state index contributed by atoms with van der Waals surface area (Å²) in [5.41, 5.74) is 1.35. The zero-order chi connectivity index (χ0) is 16.1. The van der Waals surface area contributed by atoms with Crippen molar-refractivity contribution in [3.05, 3.63) is 11.6 Å². The molecule has 124 valence electrons. The van der Waals surface area contributed by atoms with Gasteiger partial charge >= 0.3 is 5.97 Å². The summed E-state index contributed by atoms with van der Waals surface area (Å²) in [4.78, 5) is 12.0. The molecule has 2 heteroatoms. The van der Waals surface area contributed by atoms with Crippen molar-refractivity contribution in [2.45, 2.75) is 72.6 Å². The Morgan fingerprint density at radius 1 is 1.27 bits per heavy atom. The molecule has 0 aromatic heterocycles. The molecule has 0 aromatic rings. The first-order valence-corrected chi connectivity index (χ1v) is 9.21. The van der Waals surface area contributed by atoms with Gasteiger partial charge in [0.15, 0.2) is 0 Å². The summed E-state index contributed by atoms with van der Waals surface area (Å²) >= 11 is 0. The highest BCUT2D eigenvalue weighted by Gasteiger charge is 2.57. The molecule has 2 saturated carbocycles. The van der Waals surface area contributed by atoms with Crippen LogP contribution in [0.15, 0.2) is 11.6 Å². The van der Waals surface area contributed by atoms with Gasteiger partial charge in [-0.25, -0.2) is 0 Å². The molecule has 1 N–H and O–H groups in total. The van der Waals surface area contributed by atoms with E-state index in [1.807, 2.05) is 6.92 Å². The zero-order valence-electron chi connectivity index (χ0n) is 14.7. The molecule has 0 radical (unpaired) electrons. The third-order valence-electron chi connectivity index (χ3n) is 7.59. The number of hydrogen-bond donors (Lipinski definition) is 1. The highest BCUT2D eigenvalue weighted by atomic mass is 16.4. The van der Waals surface area contributed by atoms with Crippen molar-refractivity contribution in [3.63, 3.8) is 0 Å². The fraction of sp³-hybridized carbons (Fsp3) is 0.850. The summed E-state index contributed by atoms with van der Waals surface area (Å²) in [6, 6.07) is 0. The van der Waals surface area contributed by atoms with Crippen molar-refractivity contribution in [1.29, 1.82) is 0 Å². The Labute approximate surface area is 135 Å². The SMILES string of the molecule is CC(C)C1CC[C@H]2C(=CCC3[C@](C)(C(=O)O)CCC[C@@]32C)C1. The van der Waals surface area contributed by atoms with Crippen LogP contribution < -0.4 is 0 Å². The topological polar surface area (TPSA) is 37.3 Å². The van der Waals surface area contributed by atoms with E-state index in [1.165, 1.54) is 25.7 Å². The Bertz CT molecular complexity index is 492. The maximum absolute atomic E-state index is 12.0. The van der Waals surface area contributed by atoms with Crippen molar-refractivity contribution in [2.24, 2.45) is 34.5 Å². The lowest BCUT2D eigenvalue weighted by atomic mass is 9.46. The second kappa shape index (κ2) is 5.39. The number of carbonyl (C=O) groups is 1. The summed E-state index contributed by atoms with van der Waals surface area (Å²) in [5, 5.41) is 9.84. The van der Waals surface area contributed by atoms with Gasteiger partial charge in [0.25, 0.3) is 0 Å². The van der Waals surface area contributed by atoms with Crippen LogP contribution in [0.3, 0.4) is 0 Å². The van der Waals surface area contributed by atoms with E-state index in [0.29, 0.717) is 11.8 Å². The number of carboxylic acid groups (broad SMARTS) is 1. The molecular formula is C20H32O2. The first kappa shape index (κ1) is 16.1. The van der Waals surface area contributed by atoms with Crippen molar-refractivity contribution < 1.29 is 9.90 Å². The number of fused-ring (bicyclic) bond motifs is 3. The number of aliphatic carboxylic acids is 1. The van der Waals surface area contributed by atoms with E-state index < -0.39 is 11.4 Å². The van der Waals surface area contributed by atoms with Crippen molar-refractivity contribution in [3.8, 4) is 0 Å². The molecule has 0 bridgehead atoms. The number of carboxylic acids is 1. The van der Waals surface area contributed by atoms with E-state index in [2.05, 4.69) is 26.8 Å². The summed E-state index contributed by atoms with van der Waals surface area (Å²) in [6.07, 6.45) is 10.4. The van der Waals surface area contributed by atoms with Gasteiger partial charge in [-0.2, -0.15) is 0 Å². The predicted octanol–water partition coefficient (Wildman–Crippen LogP) is 5.29. The van der Waals surface area contributed by atoms with Gasteiger partial charge in [0, 0.05) is 0 Å². The molecule has 2 nitrogen and oxygen atoms in total. The van der Waals surface area contributed by atoms with Gasteiger partial charge in [-0.3, -0.25) is 4.79 Å². The van der Waals surface area contributed by atoms with Crippen LogP contribution in [0.2, 0.25) is 0 Å². The van der Waals surface area contributed by atoms with E-state index in [1.54, 1.807) is 5.57 Å². The normalized spacial score (nSPS) is 45.0. The van der Waals surface area contributed by atoms with Crippen LogP contribution >= 0.6 is 0 Å². The molecule has 3 aliphatic carbocycles. The Morgan fingerprint density at radius 3 is 2.64 bits per heavy atom. The zero-order valence-corrected chi connectivity index (χ0v) is 14.7. The Hall–Kier alpha value is -0.790. The van der Waals surface area contributed by atoms with Crippen LogP contribution in [0.25, 0.3) is 0 Å². The monoisotopic (exact) mass is 304 g/mol. The van der Waals surface area contributed by atoms with Gasteiger partial charge in [0.2, 0.25) is 0 Å². The molecule has 0 aliphatic heterocycles. The minimum absolute atomic E-state index is 0.206. The lowest BCUT2D eigenvalue weighted by Crippen LogP contribution is -2.53. The van der Waals surface area contributed by atoms with Gasteiger partial charge in [-0.05, 0) is 74.5 Å². The lowest BCUT2D eigenvalue weighted by Gasteiger charge is -2.58. The summed E-state index contributed by atoms with van der Waals surface area (Å²) in [6.45, 7) is 9.11. The second-order valence-corrected chi connectivity index (χ2v) is 8.99. The van der Waals surface area contributed by atoms with Gasteiger partial charge in [0.05, 0.1) is 5.41 Å². The quantitative estimate of drug-likeness (QED) is 0.704. The largest absolute Gasteiger partial charge is 0.481 e. The minimum Gasteiger partial charge on any atom is -0.481 e. The maximum Gasteiger partial charge on any atom is 0.309 e. The van der Waals surface area contributed by atoms with E-state index in [0.717, 1.165) is 31.1 Å².